The van der Waals surface area contributed by atoms with E-state index in [0.717, 1.165) is 22.8 Å². The van der Waals surface area contributed by atoms with E-state index < -0.39 is 0 Å². The molecule has 2 N–H and O–H groups in total. The highest BCUT2D eigenvalue weighted by Gasteiger charge is 2.17. The van der Waals surface area contributed by atoms with Crippen LogP contribution in [0.2, 0.25) is 5.02 Å². The number of benzene rings is 1. The molecule has 0 radical (unpaired) electrons. The molecule has 0 amide bonds. The van der Waals surface area contributed by atoms with E-state index in [-0.39, 0.29) is 0 Å². The van der Waals surface area contributed by atoms with Crippen molar-refractivity contribution < 1.29 is 0 Å². The summed E-state index contributed by atoms with van der Waals surface area (Å²) in [6.45, 7) is 2.34. The summed E-state index contributed by atoms with van der Waals surface area (Å²) in [5.74, 6) is 0.822. The molecular weight excluding hydrogens is 274 g/mol. The number of hydrogen-bond donors (Lipinski definition) is 1. The van der Waals surface area contributed by atoms with Crippen molar-refractivity contribution in [3.8, 4) is 11.5 Å². The molecule has 3 aromatic rings. The molecule has 6 heteroatoms. The number of halogens is 1. The molecule has 0 saturated carbocycles. The lowest BCUT2D eigenvalue weighted by molar-refractivity contribution is 0.756. The van der Waals surface area contributed by atoms with Gasteiger partial charge < -0.3 is 5.73 Å². The third kappa shape index (κ3) is 2.11. The fraction of sp³-hybridized carbons (Fsp3) is 0.143. The maximum atomic E-state index is 5.97. The summed E-state index contributed by atoms with van der Waals surface area (Å²) < 4.78 is 3.54. The largest absolute Gasteiger partial charge is 0.326 e. The Morgan fingerprint density at radius 2 is 2.00 bits per heavy atom. The standard InChI is InChI=1S/C14H14ClN5/c1-10-13(7-16)14(19-9-11(15)8-17-19)20(18-10)12-5-3-2-4-6-12/h2-6,8-9H,7,16H2,1H3. The number of nitrogens with two attached hydrogens (primary N) is 1. The van der Waals surface area contributed by atoms with E-state index in [1.165, 1.54) is 0 Å². The Bertz CT molecular complexity index is 729. The molecule has 0 aliphatic heterocycles. The van der Waals surface area contributed by atoms with Crippen LogP contribution in [0.1, 0.15) is 11.3 Å². The van der Waals surface area contributed by atoms with E-state index in [0.29, 0.717) is 11.6 Å². The zero-order valence-electron chi connectivity index (χ0n) is 11.0. The predicted octanol–water partition coefficient (Wildman–Crippen LogP) is 2.48. The molecular formula is C14H14ClN5. The Kier molecular flexibility index (Phi) is 3.30. The van der Waals surface area contributed by atoms with Crippen molar-refractivity contribution in [2.75, 3.05) is 0 Å². The predicted molar refractivity (Wildman–Crippen MR) is 78.3 cm³/mol. The molecule has 0 saturated heterocycles. The minimum Gasteiger partial charge on any atom is -0.326 e. The van der Waals surface area contributed by atoms with Gasteiger partial charge in [-0.2, -0.15) is 10.2 Å². The average Bonchev–Trinajstić information content (AvgIpc) is 3.03. The van der Waals surface area contributed by atoms with Crippen LogP contribution in [0.3, 0.4) is 0 Å². The maximum Gasteiger partial charge on any atom is 0.161 e. The average molecular weight is 288 g/mol. The quantitative estimate of drug-likeness (QED) is 0.805. The SMILES string of the molecule is Cc1nn(-c2ccccc2)c(-n2cc(Cl)cn2)c1CN. The number of rotatable bonds is 3. The van der Waals surface area contributed by atoms with Crippen molar-refractivity contribution in [1.29, 1.82) is 0 Å². The summed E-state index contributed by atoms with van der Waals surface area (Å²) in [6.07, 6.45) is 3.34. The van der Waals surface area contributed by atoms with Crippen LogP contribution in [0.5, 0.6) is 0 Å². The first-order chi connectivity index (χ1) is 9.70. The Labute approximate surface area is 121 Å². The number of nitrogens with zero attached hydrogens (tertiary/aromatic N) is 4. The summed E-state index contributed by atoms with van der Waals surface area (Å²) in [6, 6.07) is 9.87. The highest BCUT2D eigenvalue weighted by atomic mass is 35.5. The van der Waals surface area contributed by atoms with Crippen LogP contribution in [-0.2, 0) is 6.54 Å². The van der Waals surface area contributed by atoms with E-state index in [2.05, 4.69) is 10.2 Å². The maximum absolute atomic E-state index is 5.97. The van der Waals surface area contributed by atoms with Gasteiger partial charge in [-0.3, -0.25) is 0 Å². The molecule has 1 aromatic carbocycles. The second-order valence-corrected chi connectivity index (χ2v) is 4.88. The van der Waals surface area contributed by atoms with Crippen molar-refractivity contribution in [3.63, 3.8) is 0 Å². The minimum absolute atomic E-state index is 0.394. The third-order valence-corrected chi connectivity index (χ3v) is 3.33. The van der Waals surface area contributed by atoms with Gasteiger partial charge in [0.25, 0.3) is 0 Å². The van der Waals surface area contributed by atoms with Gasteiger partial charge in [0.2, 0.25) is 0 Å². The minimum atomic E-state index is 0.394. The molecule has 20 heavy (non-hydrogen) atoms. The third-order valence-electron chi connectivity index (χ3n) is 3.13. The van der Waals surface area contributed by atoms with E-state index in [1.54, 1.807) is 17.1 Å². The van der Waals surface area contributed by atoms with Gasteiger partial charge in [-0.25, -0.2) is 9.36 Å². The molecule has 2 heterocycles. The summed E-state index contributed by atoms with van der Waals surface area (Å²) >= 11 is 5.97. The Morgan fingerprint density at radius 3 is 2.60 bits per heavy atom. The fourth-order valence-electron chi connectivity index (χ4n) is 2.19. The number of para-hydroxylation sites is 1. The molecule has 0 atom stereocenters. The number of hydrogen-bond acceptors (Lipinski definition) is 3. The fourth-order valence-corrected chi connectivity index (χ4v) is 2.32. The van der Waals surface area contributed by atoms with Gasteiger partial charge in [0.05, 0.1) is 28.8 Å². The Balaban J connectivity index is 2.25. The van der Waals surface area contributed by atoms with Crippen molar-refractivity contribution in [2.45, 2.75) is 13.5 Å². The lowest BCUT2D eigenvalue weighted by Crippen LogP contribution is -2.09. The smallest absolute Gasteiger partial charge is 0.161 e. The van der Waals surface area contributed by atoms with Crippen LogP contribution < -0.4 is 5.73 Å². The summed E-state index contributed by atoms with van der Waals surface area (Å²) in [5.41, 5.74) is 8.65. The van der Waals surface area contributed by atoms with Crippen molar-refractivity contribution >= 4 is 11.6 Å². The molecule has 3 rings (SSSR count). The topological polar surface area (TPSA) is 61.7 Å². The first kappa shape index (κ1) is 12.9. The second-order valence-electron chi connectivity index (χ2n) is 4.44. The van der Waals surface area contributed by atoms with Gasteiger partial charge in [-0.05, 0) is 19.1 Å². The van der Waals surface area contributed by atoms with Crippen LogP contribution in [0.15, 0.2) is 42.7 Å². The zero-order chi connectivity index (χ0) is 14.1. The molecule has 2 aromatic heterocycles. The van der Waals surface area contributed by atoms with Crippen LogP contribution in [-0.4, -0.2) is 19.6 Å². The van der Waals surface area contributed by atoms with E-state index in [1.807, 2.05) is 41.9 Å². The van der Waals surface area contributed by atoms with Gasteiger partial charge in [0, 0.05) is 12.1 Å². The van der Waals surface area contributed by atoms with Crippen molar-refractivity contribution in [3.05, 3.63) is 59.0 Å². The lowest BCUT2D eigenvalue weighted by Gasteiger charge is -2.08. The van der Waals surface area contributed by atoms with Crippen LogP contribution in [0.4, 0.5) is 0 Å². The molecule has 0 unspecified atom stereocenters. The molecule has 0 bridgehead atoms. The number of aromatic nitrogens is 4. The van der Waals surface area contributed by atoms with Crippen molar-refractivity contribution in [2.24, 2.45) is 5.73 Å². The van der Waals surface area contributed by atoms with Gasteiger partial charge in [-0.15, -0.1) is 0 Å². The Morgan fingerprint density at radius 1 is 1.25 bits per heavy atom. The summed E-state index contributed by atoms with van der Waals surface area (Å²) in [5, 5.41) is 9.41. The lowest BCUT2D eigenvalue weighted by atomic mass is 10.2. The molecule has 102 valence electrons. The molecule has 0 aliphatic carbocycles. The molecule has 0 spiro atoms. The van der Waals surface area contributed by atoms with Crippen LogP contribution in [0, 0.1) is 6.92 Å². The first-order valence-electron chi connectivity index (χ1n) is 6.25. The highest BCUT2D eigenvalue weighted by molar-refractivity contribution is 6.30. The molecule has 0 fully saturated rings. The first-order valence-corrected chi connectivity index (χ1v) is 6.63. The zero-order valence-corrected chi connectivity index (χ0v) is 11.7. The van der Waals surface area contributed by atoms with Crippen LogP contribution >= 0.6 is 11.6 Å². The van der Waals surface area contributed by atoms with Crippen molar-refractivity contribution in [1.82, 2.24) is 19.6 Å². The normalized spacial score (nSPS) is 10.9. The van der Waals surface area contributed by atoms with Crippen LogP contribution in [0.25, 0.3) is 11.5 Å². The second kappa shape index (κ2) is 5.11. The van der Waals surface area contributed by atoms with E-state index in [4.69, 9.17) is 17.3 Å². The Hall–Kier alpha value is -2.11. The van der Waals surface area contributed by atoms with E-state index in [9.17, 15) is 0 Å². The van der Waals surface area contributed by atoms with Gasteiger partial charge in [0.15, 0.2) is 5.82 Å². The highest BCUT2D eigenvalue weighted by Crippen LogP contribution is 2.22. The summed E-state index contributed by atoms with van der Waals surface area (Å²) in [7, 11) is 0. The number of aryl methyl sites for hydroxylation is 1. The monoisotopic (exact) mass is 287 g/mol. The summed E-state index contributed by atoms with van der Waals surface area (Å²) in [4.78, 5) is 0. The van der Waals surface area contributed by atoms with Gasteiger partial charge in [0.1, 0.15) is 0 Å². The van der Waals surface area contributed by atoms with Gasteiger partial charge in [-0.1, -0.05) is 29.8 Å². The van der Waals surface area contributed by atoms with E-state index >= 15 is 0 Å². The van der Waals surface area contributed by atoms with Gasteiger partial charge >= 0.3 is 0 Å². The molecule has 0 aliphatic rings. The molecule has 5 nitrogen and oxygen atoms in total.